The molecule has 2 N–H and O–H groups in total. The fourth-order valence-electron chi connectivity index (χ4n) is 3.13. The van der Waals surface area contributed by atoms with E-state index >= 15 is 0 Å². The summed E-state index contributed by atoms with van der Waals surface area (Å²) in [6.07, 6.45) is 0. The zero-order chi connectivity index (χ0) is 18.6. The smallest absolute Gasteiger partial charge is 0.243 e. The Morgan fingerprint density at radius 1 is 1.07 bits per heavy atom. The minimum atomic E-state index is -3.52. The third kappa shape index (κ3) is 6.03. The van der Waals surface area contributed by atoms with Crippen molar-refractivity contribution < 1.29 is 17.9 Å². The lowest BCUT2D eigenvalue weighted by atomic mass is 10.2. The maximum absolute atomic E-state index is 12.6. The number of sulfonamides is 1. The van der Waals surface area contributed by atoms with Crippen LogP contribution in [0.5, 0.6) is 0 Å². The average Bonchev–Trinajstić information content (AvgIpc) is 2.69. The number of nitrogens with one attached hydrogen (secondary N) is 2. The van der Waals surface area contributed by atoms with Crippen molar-refractivity contribution in [3.63, 3.8) is 0 Å². The van der Waals surface area contributed by atoms with Crippen LogP contribution >= 0.6 is 24.8 Å². The lowest BCUT2D eigenvalue weighted by Gasteiger charge is -2.31. The van der Waals surface area contributed by atoms with Gasteiger partial charge in [0, 0.05) is 45.0 Å². The van der Waals surface area contributed by atoms with E-state index in [-0.39, 0.29) is 41.7 Å². The molecular formula is C17H28Cl2N4O4S. The van der Waals surface area contributed by atoms with Crippen LogP contribution in [0.4, 0.5) is 5.69 Å². The highest BCUT2D eigenvalue weighted by Crippen LogP contribution is 2.19. The second-order valence-electron chi connectivity index (χ2n) is 6.49. The predicted molar refractivity (Wildman–Crippen MR) is 113 cm³/mol. The van der Waals surface area contributed by atoms with Crippen molar-refractivity contribution in [1.29, 1.82) is 0 Å². The summed E-state index contributed by atoms with van der Waals surface area (Å²) in [6, 6.07) is 6.12. The molecule has 0 radical (unpaired) electrons. The Labute approximate surface area is 178 Å². The van der Waals surface area contributed by atoms with Gasteiger partial charge in [0.25, 0.3) is 0 Å². The molecule has 160 valence electrons. The monoisotopic (exact) mass is 454 g/mol. The van der Waals surface area contributed by atoms with Crippen LogP contribution in [0.3, 0.4) is 0 Å². The van der Waals surface area contributed by atoms with Gasteiger partial charge in [0.05, 0.1) is 24.2 Å². The Morgan fingerprint density at radius 3 is 2.21 bits per heavy atom. The SMILES string of the molecule is CC(C(=O)Nc1ccc(S(=O)(=O)N2CCOCC2)cc1)N1CCNCC1.Cl.Cl. The molecule has 3 rings (SSSR count). The number of benzene rings is 1. The van der Waals surface area contributed by atoms with Crippen molar-refractivity contribution in [3.8, 4) is 0 Å². The van der Waals surface area contributed by atoms with E-state index < -0.39 is 10.0 Å². The first-order valence-corrected chi connectivity index (χ1v) is 10.4. The number of carbonyl (C=O) groups is 1. The van der Waals surface area contributed by atoms with Crippen LogP contribution in [0.2, 0.25) is 0 Å². The van der Waals surface area contributed by atoms with Gasteiger partial charge in [-0.05, 0) is 31.2 Å². The third-order valence-corrected chi connectivity index (χ3v) is 6.72. The van der Waals surface area contributed by atoms with Gasteiger partial charge in [-0.3, -0.25) is 9.69 Å². The second-order valence-corrected chi connectivity index (χ2v) is 8.43. The fraction of sp³-hybridized carbons (Fsp3) is 0.588. The van der Waals surface area contributed by atoms with Gasteiger partial charge in [-0.25, -0.2) is 8.42 Å². The van der Waals surface area contributed by atoms with E-state index in [1.165, 1.54) is 16.4 Å². The number of hydrogen-bond donors (Lipinski definition) is 2. The van der Waals surface area contributed by atoms with Gasteiger partial charge in [-0.1, -0.05) is 0 Å². The largest absolute Gasteiger partial charge is 0.379 e. The van der Waals surface area contributed by atoms with Gasteiger partial charge in [0.2, 0.25) is 15.9 Å². The Bertz CT molecular complexity index is 721. The number of piperazine rings is 1. The van der Waals surface area contributed by atoms with E-state index in [4.69, 9.17) is 4.74 Å². The summed E-state index contributed by atoms with van der Waals surface area (Å²) in [6.45, 7) is 6.88. The zero-order valence-corrected chi connectivity index (χ0v) is 18.2. The molecule has 2 fully saturated rings. The Balaban J connectivity index is 0.00000196. The lowest BCUT2D eigenvalue weighted by molar-refractivity contribution is -0.120. The molecule has 2 saturated heterocycles. The summed E-state index contributed by atoms with van der Waals surface area (Å²) in [4.78, 5) is 14.8. The van der Waals surface area contributed by atoms with Gasteiger partial charge in [0.1, 0.15) is 0 Å². The van der Waals surface area contributed by atoms with Crippen LogP contribution < -0.4 is 10.6 Å². The number of amides is 1. The number of nitrogens with zero attached hydrogens (tertiary/aromatic N) is 2. The van der Waals surface area contributed by atoms with Gasteiger partial charge >= 0.3 is 0 Å². The molecule has 2 aliphatic rings. The van der Waals surface area contributed by atoms with E-state index in [9.17, 15) is 13.2 Å². The van der Waals surface area contributed by atoms with Crippen molar-refractivity contribution >= 4 is 46.4 Å². The number of morpholine rings is 1. The van der Waals surface area contributed by atoms with E-state index in [1.807, 2.05) is 6.92 Å². The molecule has 2 heterocycles. The van der Waals surface area contributed by atoms with E-state index in [0.717, 1.165) is 26.2 Å². The number of carbonyl (C=O) groups excluding carboxylic acids is 1. The standard InChI is InChI=1S/C17H26N4O4S.2ClH/c1-14(20-8-6-18-7-9-20)17(22)19-15-2-4-16(5-3-15)26(23,24)21-10-12-25-13-11-21;;/h2-5,14,18H,6-13H2,1H3,(H,19,22);2*1H. The van der Waals surface area contributed by atoms with Crippen LogP contribution in [0, 0.1) is 0 Å². The van der Waals surface area contributed by atoms with E-state index in [1.54, 1.807) is 12.1 Å². The summed E-state index contributed by atoms with van der Waals surface area (Å²) < 4.78 is 31.8. The van der Waals surface area contributed by atoms with Crippen LogP contribution in [-0.2, 0) is 19.6 Å². The van der Waals surface area contributed by atoms with Crippen LogP contribution in [0.1, 0.15) is 6.92 Å². The third-order valence-electron chi connectivity index (χ3n) is 4.81. The molecule has 28 heavy (non-hydrogen) atoms. The van der Waals surface area contributed by atoms with E-state index in [2.05, 4.69) is 15.5 Å². The number of rotatable bonds is 5. The molecule has 0 aromatic heterocycles. The first-order valence-electron chi connectivity index (χ1n) is 8.92. The molecule has 11 heteroatoms. The highest BCUT2D eigenvalue weighted by Gasteiger charge is 2.26. The molecule has 2 aliphatic heterocycles. The van der Waals surface area contributed by atoms with E-state index in [0.29, 0.717) is 32.0 Å². The molecular weight excluding hydrogens is 427 g/mol. The Kier molecular flexibility index (Phi) is 10.1. The van der Waals surface area contributed by atoms with Crippen molar-refractivity contribution in [2.24, 2.45) is 0 Å². The number of ether oxygens (including phenoxy) is 1. The zero-order valence-electron chi connectivity index (χ0n) is 15.8. The summed E-state index contributed by atoms with van der Waals surface area (Å²) in [7, 11) is -3.52. The molecule has 1 unspecified atom stereocenters. The summed E-state index contributed by atoms with van der Waals surface area (Å²) >= 11 is 0. The van der Waals surface area contributed by atoms with Crippen LogP contribution in [0.25, 0.3) is 0 Å². The topological polar surface area (TPSA) is 91.0 Å². The van der Waals surface area contributed by atoms with Gasteiger partial charge in [-0.15, -0.1) is 24.8 Å². The quantitative estimate of drug-likeness (QED) is 0.682. The molecule has 0 saturated carbocycles. The summed E-state index contributed by atoms with van der Waals surface area (Å²) in [5.41, 5.74) is 0.595. The van der Waals surface area contributed by atoms with Crippen LogP contribution in [-0.4, -0.2) is 82.1 Å². The van der Waals surface area contributed by atoms with Gasteiger partial charge in [0.15, 0.2) is 0 Å². The number of halogens is 2. The highest BCUT2D eigenvalue weighted by atomic mass is 35.5. The predicted octanol–water partition coefficient (Wildman–Crippen LogP) is 0.783. The molecule has 0 aliphatic carbocycles. The fourth-order valence-corrected chi connectivity index (χ4v) is 4.54. The molecule has 1 amide bonds. The van der Waals surface area contributed by atoms with Crippen molar-refractivity contribution in [2.75, 3.05) is 57.8 Å². The number of hydrogen-bond acceptors (Lipinski definition) is 6. The second kappa shape index (κ2) is 11.3. The first-order chi connectivity index (χ1) is 12.5. The average molecular weight is 455 g/mol. The molecule has 8 nitrogen and oxygen atoms in total. The maximum Gasteiger partial charge on any atom is 0.243 e. The minimum absolute atomic E-state index is 0. The Morgan fingerprint density at radius 2 is 1.64 bits per heavy atom. The summed E-state index contributed by atoms with van der Waals surface area (Å²) in [5.74, 6) is -0.0873. The van der Waals surface area contributed by atoms with Crippen molar-refractivity contribution in [1.82, 2.24) is 14.5 Å². The lowest BCUT2D eigenvalue weighted by Crippen LogP contribution is -2.51. The molecule has 0 bridgehead atoms. The van der Waals surface area contributed by atoms with Crippen LogP contribution in [0.15, 0.2) is 29.2 Å². The molecule has 0 spiro atoms. The Hall–Kier alpha value is -0.940. The van der Waals surface area contributed by atoms with Gasteiger partial charge < -0.3 is 15.4 Å². The van der Waals surface area contributed by atoms with Gasteiger partial charge in [-0.2, -0.15) is 4.31 Å². The molecule has 1 atom stereocenters. The summed E-state index contributed by atoms with van der Waals surface area (Å²) in [5, 5.41) is 6.13. The number of anilines is 1. The molecule has 1 aromatic rings. The first kappa shape index (κ1) is 25.1. The van der Waals surface area contributed by atoms with Crippen molar-refractivity contribution in [2.45, 2.75) is 17.9 Å². The highest BCUT2D eigenvalue weighted by molar-refractivity contribution is 7.89. The van der Waals surface area contributed by atoms with Crippen molar-refractivity contribution in [3.05, 3.63) is 24.3 Å². The molecule has 1 aromatic carbocycles. The normalized spacial score (nSPS) is 19.8. The minimum Gasteiger partial charge on any atom is -0.379 e. The maximum atomic E-state index is 12.6.